The fraction of sp³-hybridized carbons (Fsp3) is 0.857. The number of hydrogen-bond donors (Lipinski definition) is 4. The molecule has 0 unspecified atom stereocenters. The Morgan fingerprint density at radius 1 is 0.702 bits per heavy atom. The molecule has 2 rings (SSSR count). The molecule has 2 atom stereocenters. The Labute approximate surface area is 284 Å². The van der Waals surface area contributed by atoms with E-state index in [0.29, 0.717) is 39.0 Å². The Hall–Kier alpha value is -2.57. The van der Waals surface area contributed by atoms with Gasteiger partial charge in [-0.2, -0.15) is 0 Å². The van der Waals surface area contributed by atoms with Crippen LogP contribution in [0.25, 0.3) is 0 Å². The van der Waals surface area contributed by atoms with Gasteiger partial charge >= 0.3 is 6.09 Å². The predicted molar refractivity (Wildman–Crippen MR) is 186 cm³/mol. The topological polar surface area (TPSA) is 163 Å². The van der Waals surface area contributed by atoms with Gasteiger partial charge in [0.1, 0.15) is 5.60 Å². The summed E-state index contributed by atoms with van der Waals surface area (Å²) in [5, 5.41) is 8.65. The van der Waals surface area contributed by atoms with Crippen LogP contribution >= 0.6 is 0 Å². The van der Waals surface area contributed by atoms with Crippen LogP contribution in [0.15, 0.2) is 0 Å². The van der Waals surface area contributed by atoms with E-state index in [-0.39, 0.29) is 41.3 Å². The SMILES string of the molecule is CN(C)CC(=O)[C@H](CCCCN)NC(=O)C1CCCC1.CN(C)CC(=O)[C@H](CCCCNC(=O)OC(C)(C)C)NC(=O)C1CCCC1. The summed E-state index contributed by atoms with van der Waals surface area (Å²) in [7, 11) is 7.43. The number of amides is 3. The van der Waals surface area contributed by atoms with Gasteiger partial charge in [-0.05, 0) is 120 Å². The summed E-state index contributed by atoms with van der Waals surface area (Å²) in [5.41, 5.74) is 4.98. The second-order valence-corrected chi connectivity index (χ2v) is 14.7. The van der Waals surface area contributed by atoms with Crippen molar-refractivity contribution in [1.29, 1.82) is 0 Å². The second kappa shape index (κ2) is 22.9. The molecule has 0 aromatic carbocycles. The number of nitrogens with two attached hydrogens (primary N) is 1. The molecule has 2 fully saturated rings. The van der Waals surface area contributed by atoms with Crippen LogP contribution in [-0.2, 0) is 23.9 Å². The van der Waals surface area contributed by atoms with Crippen molar-refractivity contribution < 1.29 is 28.7 Å². The maximum absolute atomic E-state index is 12.5. The number of unbranched alkanes of at least 4 members (excludes halogenated alkanes) is 2. The molecule has 0 aromatic rings. The number of Topliss-reactive ketones (excluding diaryl/α,β-unsaturated/α-hetero) is 2. The van der Waals surface area contributed by atoms with Crippen LogP contribution in [0, 0.1) is 11.8 Å². The molecular weight excluding hydrogens is 600 g/mol. The van der Waals surface area contributed by atoms with Crippen molar-refractivity contribution in [3.8, 4) is 0 Å². The molecule has 0 bridgehead atoms. The van der Waals surface area contributed by atoms with Crippen molar-refractivity contribution in [2.24, 2.45) is 17.6 Å². The number of ketones is 2. The summed E-state index contributed by atoms with van der Waals surface area (Å²) >= 11 is 0. The van der Waals surface area contributed by atoms with Gasteiger partial charge in [-0.25, -0.2) is 4.79 Å². The van der Waals surface area contributed by atoms with E-state index < -0.39 is 17.7 Å². The van der Waals surface area contributed by atoms with E-state index in [0.717, 1.165) is 77.0 Å². The van der Waals surface area contributed by atoms with Crippen LogP contribution < -0.4 is 21.7 Å². The van der Waals surface area contributed by atoms with Gasteiger partial charge in [0.25, 0.3) is 0 Å². The van der Waals surface area contributed by atoms with Crippen molar-refractivity contribution >= 4 is 29.5 Å². The number of ether oxygens (including phenoxy) is 1. The van der Waals surface area contributed by atoms with Crippen molar-refractivity contribution in [2.75, 3.05) is 54.4 Å². The van der Waals surface area contributed by atoms with Gasteiger partial charge in [0.2, 0.25) is 11.8 Å². The molecule has 0 saturated heterocycles. The van der Waals surface area contributed by atoms with Crippen LogP contribution in [0.4, 0.5) is 4.79 Å². The van der Waals surface area contributed by atoms with Gasteiger partial charge in [0.05, 0.1) is 25.2 Å². The molecule has 2 aliphatic carbocycles. The Morgan fingerprint density at radius 2 is 1.11 bits per heavy atom. The highest BCUT2D eigenvalue weighted by Crippen LogP contribution is 2.26. The van der Waals surface area contributed by atoms with Gasteiger partial charge in [-0.3, -0.25) is 19.2 Å². The zero-order valence-electron chi connectivity index (χ0n) is 30.5. The molecular formula is C35H66N6O6. The largest absolute Gasteiger partial charge is 0.444 e. The number of rotatable bonds is 19. The van der Waals surface area contributed by atoms with Crippen LogP contribution in [0.5, 0.6) is 0 Å². The van der Waals surface area contributed by atoms with Crippen molar-refractivity contribution in [2.45, 2.75) is 128 Å². The molecule has 12 heteroatoms. The third-order valence-corrected chi connectivity index (χ3v) is 8.34. The molecule has 0 heterocycles. The minimum absolute atomic E-state index is 0.0106. The van der Waals surface area contributed by atoms with Gasteiger partial charge < -0.3 is 36.2 Å². The molecule has 12 nitrogen and oxygen atoms in total. The van der Waals surface area contributed by atoms with E-state index in [1.165, 1.54) is 0 Å². The van der Waals surface area contributed by atoms with Crippen LogP contribution in [0.2, 0.25) is 0 Å². The molecule has 272 valence electrons. The highest BCUT2D eigenvalue weighted by molar-refractivity contribution is 5.91. The van der Waals surface area contributed by atoms with Crippen molar-refractivity contribution in [3.05, 3.63) is 0 Å². The molecule has 2 saturated carbocycles. The maximum atomic E-state index is 12.5. The number of carbonyl (C=O) groups excluding carboxylic acids is 5. The van der Waals surface area contributed by atoms with E-state index in [4.69, 9.17) is 10.5 Å². The second-order valence-electron chi connectivity index (χ2n) is 14.7. The van der Waals surface area contributed by atoms with E-state index in [1.807, 2.05) is 58.8 Å². The molecule has 0 aromatic heterocycles. The van der Waals surface area contributed by atoms with Gasteiger partial charge in [0.15, 0.2) is 11.6 Å². The lowest BCUT2D eigenvalue weighted by Gasteiger charge is -2.22. The summed E-state index contributed by atoms with van der Waals surface area (Å²) in [6.07, 6.45) is 12.3. The number of likely N-dealkylation sites (N-methyl/N-ethyl adjacent to an activating group) is 2. The lowest BCUT2D eigenvalue weighted by Crippen LogP contribution is -2.46. The summed E-state index contributed by atoms with van der Waals surface area (Å²) < 4.78 is 5.19. The smallest absolute Gasteiger partial charge is 0.407 e. The minimum Gasteiger partial charge on any atom is -0.444 e. The first-order valence-corrected chi connectivity index (χ1v) is 17.8. The van der Waals surface area contributed by atoms with E-state index in [9.17, 15) is 24.0 Å². The fourth-order valence-corrected chi connectivity index (χ4v) is 5.90. The number of nitrogens with one attached hydrogen (secondary N) is 3. The molecule has 2 aliphatic rings. The fourth-order valence-electron chi connectivity index (χ4n) is 5.90. The molecule has 0 spiro atoms. The average molecular weight is 667 g/mol. The first kappa shape index (κ1) is 42.5. The van der Waals surface area contributed by atoms with E-state index in [1.54, 1.807) is 0 Å². The van der Waals surface area contributed by atoms with Crippen LogP contribution in [0.1, 0.15) is 111 Å². The molecule has 47 heavy (non-hydrogen) atoms. The first-order valence-electron chi connectivity index (χ1n) is 17.8. The monoisotopic (exact) mass is 667 g/mol. The van der Waals surface area contributed by atoms with Crippen molar-refractivity contribution in [3.63, 3.8) is 0 Å². The van der Waals surface area contributed by atoms with Crippen LogP contribution in [-0.4, -0.2) is 111 Å². The minimum atomic E-state index is -0.516. The summed E-state index contributed by atoms with van der Waals surface area (Å²) in [5.74, 6) is 0.362. The molecule has 0 radical (unpaired) electrons. The Kier molecular flexibility index (Phi) is 20.7. The van der Waals surface area contributed by atoms with Crippen LogP contribution in [0.3, 0.4) is 0 Å². The Morgan fingerprint density at radius 3 is 1.47 bits per heavy atom. The zero-order valence-corrected chi connectivity index (χ0v) is 30.5. The lowest BCUT2D eigenvalue weighted by atomic mass is 10.0. The average Bonchev–Trinajstić information content (AvgIpc) is 3.70. The zero-order chi connectivity index (χ0) is 35.4. The normalized spacial score (nSPS) is 16.7. The predicted octanol–water partition coefficient (Wildman–Crippen LogP) is 3.41. The Balaban J connectivity index is 0.000000491. The Bertz CT molecular complexity index is 955. The maximum Gasteiger partial charge on any atom is 0.407 e. The highest BCUT2D eigenvalue weighted by Gasteiger charge is 2.28. The number of nitrogens with zero attached hydrogens (tertiary/aromatic N) is 2. The van der Waals surface area contributed by atoms with Crippen molar-refractivity contribution in [1.82, 2.24) is 25.8 Å². The van der Waals surface area contributed by atoms with E-state index in [2.05, 4.69) is 16.0 Å². The molecule has 0 aliphatic heterocycles. The summed E-state index contributed by atoms with van der Waals surface area (Å²) in [6, 6.07) is -0.806. The standard InChI is InChI=1S/C20H37N3O4.C15H29N3O2/c1-20(2,3)27-19(26)21-13-9-8-12-16(17(24)14-23(4)5)22-18(25)15-10-6-7-11-15;1-18(2)11-14(19)13(9-5-6-10-16)17-15(20)12-7-3-4-8-12/h15-16H,6-14H2,1-5H3,(H,21,26)(H,22,25);12-13H,3-11,16H2,1-2H3,(H,17,20)/t16-;13-/m00/s1. The van der Waals surface area contributed by atoms with E-state index >= 15 is 0 Å². The number of alkyl carbamates (subject to hydrolysis) is 1. The number of carbonyl (C=O) groups is 5. The number of hydrogen-bond acceptors (Lipinski definition) is 9. The van der Waals surface area contributed by atoms with Gasteiger partial charge in [0, 0.05) is 18.4 Å². The van der Waals surface area contributed by atoms with Gasteiger partial charge in [-0.15, -0.1) is 0 Å². The quantitative estimate of drug-likeness (QED) is 0.151. The molecule has 5 N–H and O–H groups in total. The summed E-state index contributed by atoms with van der Waals surface area (Å²) in [4.78, 5) is 64.6. The third kappa shape index (κ3) is 19.8. The molecule has 3 amide bonds. The lowest BCUT2D eigenvalue weighted by molar-refractivity contribution is -0.130. The first-order chi connectivity index (χ1) is 22.1. The highest BCUT2D eigenvalue weighted by atomic mass is 16.6. The summed E-state index contributed by atoms with van der Waals surface area (Å²) in [6.45, 7) is 7.26. The third-order valence-electron chi connectivity index (χ3n) is 8.34. The van der Waals surface area contributed by atoms with Gasteiger partial charge in [-0.1, -0.05) is 25.7 Å².